The Labute approximate surface area is 325 Å². The summed E-state index contributed by atoms with van der Waals surface area (Å²) in [7, 11) is -4.56. The third-order valence-corrected chi connectivity index (χ3v) is 10.8. The van der Waals surface area contributed by atoms with Crippen LogP contribution in [0.2, 0.25) is 0 Å². The second kappa shape index (κ2) is 39.0. The Hall–Kier alpha value is -1.28. The van der Waals surface area contributed by atoms with Crippen LogP contribution in [0.15, 0.2) is 0 Å². The van der Waals surface area contributed by atoms with Crippen LogP contribution in [0, 0.1) is 0 Å². The molecule has 1 N–H and O–H groups in total. The van der Waals surface area contributed by atoms with E-state index in [-0.39, 0.29) is 31.7 Å². The summed E-state index contributed by atoms with van der Waals surface area (Å²) in [5.74, 6) is -1.22. The van der Waals surface area contributed by atoms with Crippen LogP contribution in [0.4, 0.5) is 0 Å². The summed E-state index contributed by atoms with van der Waals surface area (Å²) in [6.45, 7) is 4.80. The minimum absolute atomic E-state index is 0.162. The lowest BCUT2D eigenvalue weighted by Gasteiger charge is -2.19. The van der Waals surface area contributed by atoms with Gasteiger partial charge in [-0.3, -0.25) is 23.4 Å². The highest BCUT2D eigenvalue weighted by atomic mass is 31.2. The molecule has 0 saturated carbocycles. The van der Waals surface area contributed by atoms with Gasteiger partial charge in [-0.1, -0.05) is 201 Å². The van der Waals surface area contributed by atoms with Crippen LogP contribution in [0.5, 0.6) is 0 Å². The van der Waals surface area contributed by atoms with E-state index in [0.29, 0.717) is 6.42 Å². The molecule has 0 aromatic carbocycles. The van der Waals surface area contributed by atoms with Gasteiger partial charge in [-0.15, -0.1) is 0 Å². The maximum Gasteiger partial charge on any atom is 0.472 e. The average Bonchev–Trinajstić information content (AvgIpc) is 3.14. The van der Waals surface area contributed by atoms with Gasteiger partial charge in [-0.05, 0) is 12.8 Å². The number of esters is 2. The monoisotopic (exact) mass is 775 g/mol. The molecule has 0 aliphatic carbocycles. The first kappa shape index (κ1) is 51.7. The highest BCUT2D eigenvalue weighted by Crippen LogP contribution is 2.43. The lowest BCUT2D eigenvalue weighted by molar-refractivity contribution is -0.161. The topological polar surface area (TPSA) is 125 Å². The Morgan fingerprint density at radius 2 is 0.811 bits per heavy atom. The molecular weight excluding hydrogens is 691 g/mol. The second-order valence-corrected chi connectivity index (χ2v) is 16.6. The second-order valence-electron chi connectivity index (χ2n) is 15.1. The van der Waals surface area contributed by atoms with Gasteiger partial charge in [0.15, 0.2) is 11.9 Å². The van der Waals surface area contributed by atoms with E-state index in [1.54, 1.807) is 6.92 Å². The van der Waals surface area contributed by atoms with E-state index in [0.717, 1.165) is 38.5 Å². The maximum atomic E-state index is 12.6. The fourth-order valence-electron chi connectivity index (χ4n) is 6.37. The van der Waals surface area contributed by atoms with Crippen LogP contribution in [-0.2, 0) is 37.5 Å². The fraction of sp³-hybridized carbons (Fsp3) is 0.930. The van der Waals surface area contributed by atoms with Crippen molar-refractivity contribution in [2.45, 2.75) is 239 Å². The SMILES string of the molecule is CCCCCCCCCCCCCCCCCC(=O)OC[C@H](COP(=O)(O)OCC(=O)CC)OC(=O)CCCCCCCCCCCCCCCCC. The summed E-state index contributed by atoms with van der Waals surface area (Å²) < 4.78 is 32.9. The van der Waals surface area contributed by atoms with Crippen LogP contribution in [0.25, 0.3) is 0 Å². The van der Waals surface area contributed by atoms with E-state index in [4.69, 9.17) is 18.5 Å². The maximum absolute atomic E-state index is 12.6. The Bertz CT molecular complexity index is 897. The van der Waals surface area contributed by atoms with E-state index in [1.165, 1.54) is 148 Å². The molecule has 0 aromatic rings. The van der Waals surface area contributed by atoms with Gasteiger partial charge in [-0.25, -0.2) is 4.57 Å². The standard InChI is InChI=1S/C43H83O9P/c1-4-7-9-11-13-15-17-19-21-23-25-27-29-31-33-35-42(45)49-38-41(39-51-53(47,48)50-37-40(44)6-3)52-43(46)36-34-32-30-28-26-24-22-20-18-16-14-12-10-8-5-2/h41H,4-39H2,1-3H3,(H,47,48)/t41-/m1/s1. The Kier molecular flexibility index (Phi) is 38.0. The highest BCUT2D eigenvalue weighted by Gasteiger charge is 2.27. The molecule has 0 rings (SSSR count). The number of rotatable bonds is 42. The molecule has 0 spiro atoms. The van der Waals surface area contributed by atoms with E-state index in [9.17, 15) is 23.8 Å². The number of hydrogen-bond donors (Lipinski definition) is 1. The van der Waals surface area contributed by atoms with Gasteiger partial charge < -0.3 is 14.4 Å². The molecule has 0 radical (unpaired) electrons. The minimum atomic E-state index is -4.56. The third-order valence-electron chi connectivity index (χ3n) is 9.90. The van der Waals surface area contributed by atoms with Gasteiger partial charge in [0.1, 0.15) is 13.2 Å². The fourth-order valence-corrected chi connectivity index (χ4v) is 7.11. The van der Waals surface area contributed by atoms with Gasteiger partial charge >= 0.3 is 19.8 Å². The van der Waals surface area contributed by atoms with Crippen LogP contribution < -0.4 is 0 Å². The van der Waals surface area contributed by atoms with Crippen molar-refractivity contribution in [1.29, 1.82) is 0 Å². The van der Waals surface area contributed by atoms with E-state index >= 15 is 0 Å². The summed E-state index contributed by atoms with van der Waals surface area (Å²) >= 11 is 0. The van der Waals surface area contributed by atoms with Crippen molar-refractivity contribution in [3.05, 3.63) is 0 Å². The molecule has 0 aromatic heterocycles. The lowest BCUT2D eigenvalue weighted by Crippen LogP contribution is -2.29. The Morgan fingerprint density at radius 1 is 0.472 bits per heavy atom. The zero-order valence-electron chi connectivity index (χ0n) is 34.7. The van der Waals surface area contributed by atoms with Crippen molar-refractivity contribution in [2.75, 3.05) is 19.8 Å². The predicted octanol–water partition coefficient (Wildman–Crippen LogP) is 13.1. The molecule has 1 unspecified atom stereocenters. The molecule has 2 atom stereocenters. The lowest BCUT2D eigenvalue weighted by atomic mass is 10.0. The van der Waals surface area contributed by atoms with Crippen molar-refractivity contribution in [3.8, 4) is 0 Å². The van der Waals surface area contributed by atoms with Crippen molar-refractivity contribution < 1.29 is 42.4 Å². The van der Waals surface area contributed by atoms with E-state index < -0.39 is 39.1 Å². The largest absolute Gasteiger partial charge is 0.472 e. The summed E-state index contributed by atoms with van der Waals surface area (Å²) in [5, 5.41) is 0. The summed E-state index contributed by atoms with van der Waals surface area (Å²) in [6.07, 6.45) is 36.7. The molecule has 0 saturated heterocycles. The van der Waals surface area contributed by atoms with Crippen molar-refractivity contribution >= 4 is 25.5 Å². The molecule has 10 heteroatoms. The molecule has 0 aliphatic heterocycles. The average molecular weight is 775 g/mol. The Morgan fingerprint density at radius 3 is 1.17 bits per heavy atom. The van der Waals surface area contributed by atoms with Gasteiger partial charge in [0.2, 0.25) is 0 Å². The number of unbranched alkanes of at least 4 members (excludes halogenated alkanes) is 28. The first-order valence-corrected chi connectivity index (χ1v) is 23.7. The number of ketones is 1. The van der Waals surface area contributed by atoms with E-state index in [2.05, 4.69) is 13.8 Å². The molecule has 314 valence electrons. The van der Waals surface area contributed by atoms with Crippen molar-refractivity contribution in [3.63, 3.8) is 0 Å². The smallest absolute Gasteiger partial charge is 0.462 e. The van der Waals surface area contributed by atoms with Crippen molar-refractivity contribution in [1.82, 2.24) is 0 Å². The quantitative estimate of drug-likeness (QED) is 0.0366. The zero-order valence-corrected chi connectivity index (χ0v) is 35.6. The summed E-state index contributed by atoms with van der Waals surface area (Å²) in [5.41, 5.74) is 0. The highest BCUT2D eigenvalue weighted by molar-refractivity contribution is 7.47. The predicted molar refractivity (Wildman–Crippen MR) is 217 cm³/mol. The zero-order chi connectivity index (χ0) is 39.1. The number of ether oxygens (including phenoxy) is 2. The Balaban J connectivity index is 4.25. The van der Waals surface area contributed by atoms with Gasteiger partial charge in [0.25, 0.3) is 0 Å². The molecule has 53 heavy (non-hydrogen) atoms. The van der Waals surface area contributed by atoms with Gasteiger partial charge in [0.05, 0.1) is 6.61 Å². The molecule has 0 bridgehead atoms. The molecule has 0 heterocycles. The number of carbonyl (C=O) groups is 3. The molecule has 0 aliphatic rings. The van der Waals surface area contributed by atoms with Crippen LogP contribution in [0.3, 0.4) is 0 Å². The molecular formula is C43H83O9P. The molecule has 0 fully saturated rings. The minimum Gasteiger partial charge on any atom is -0.462 e. The normalized spacial score (nSPS) is 13.1. The first-order valence-electron chi connectivity index (χ1n) is 22.2. The number of hydrogen-bond acceptors (Lipinski definition) is 8. The van der Waals surface area contributed by atoms with Gasteiger partial charge in [0, 0.05) is 19.3 Å². The number of phosphoric acid groups is 1. The van der Waals surface area contributed by atoms with Crippen molar-refractivity contribution in [2.24, 2.45) is 0 Å². The first-order chi connectivity index (χ1) is 25.7. The van der Waals surface area contributed by atoms with Crippen LogP contribution in [0.1, 0.15) is 233 Å². The number of carbonyl (C=O) groups excluding carboxylic acids is 3. The molecule has 9 nitrogen and oxygen atoms in total. The summed E-state index contributed by atoms with van der Waals surface area (Å²) in [4.78, 5) is 46.5. The summed E-state index contributed by atoms with van der Waals surface area (Å²) in [6, 6.07) is 0. The molecule has 0 amide bonds. The third kappa shape index (κ3) is 38.8. The number of Topliss-reactive ketones (excluding diaryl/α,β-unsaturated/α-hetero) is 1. The van der Waals surface area contributed by atoms with Gasteiger partial charge in [-0.2, -0.15) is 0 Å². The van der Waals surface area contributed by atoms with Crippen LogP contribution >= 0.6 is 7.82 Å². The van der Waals surface area contributed by atoms with Crippen LogP contribution in [-0.4, -0.2) is 48.5 Å². The number of phosphoric ester groups is 1. The van der Waals surface area contributed by atoms with E-state index in [1.807, 2.05) is 0 Å².